The van der Waals surface area contributed by atoms with Gasteiger partial charge in [0.2, 0.25) is 0 Å². The van der Waals surface area contributed by atoms with Gasteiger partial charge in [-0.1, -0.05) is 41.9 Å². The first-order valence-electron chi connectivity index (χ1n) is 6.54. The topological polar surface area (TPSA) is 44.5 Å². The van der Waals surface area contributed by atoms with E-state index in [2.05, 4.69) is 0 Å². The maximum atomic E-state index is 5.97. The molecule has 0 heterocycles. The van der Waals surface area contributed by atoms with Crippen LogP contribution >= 0.6 is 11.6 Å². The summed E-state index contributed by atoms with van der Waals surface area (Å²) < 4.78 is 11.3. The van der Waals surface area contributed by atoms with Crippen LogP contribution in [0.1, 0.15) is 11.7 Å². The first kappa shape index (κ1) is 14.9. The molecule has 0 aliphatic carbocycles. The Hall–Kier alpha value is -1.55. The zero-order valence-electron chi connectivity index (χ0n) is 11.2. The minimum absolute atomic E-state index is 0.159. The van der Waals surface area contributed by atoms with Crippen LogP contribution in [0.25, 0.3) is 0 Å². The minimum atomic E-state index is -0.159. The highest BCUT2D eigenvalue weighted by Gasteiger charge is 2.10. The van der Waals surface area contributed by atoms with Crippen molar-refractivity contribution in [1.29, 1.82) is 0 Å². The molecule has 106 valence electrons. The van der Waals surface area contributed by atoms with Crippen LogP contribution in [-0.4, -0.2) is 19.8 Å². The normalized spacial score (nSPS) is 12.1. The van der Waals surface area contributed by atoms with E-state index in [9.17, 15) is 0 Å². The summed E-state index contributed by atoms with van der Waals surface area (Å²) in [6.07, 6.45) is -0.159. The van der Waals surface area contributed by atoms with Gasteiger partial charge in [0.15, 0.2) is 0 Å². The molecule has 0 amide bonds. The second-order valence-electron chi connectivity index (χ2n) is 4.31. The third-order valence-corrected chi connectivity index (χ3v) is 3.08. The SMILES string of the molecule is NCC(OCCOc1ccccc1)c1cccc(Cl)c1. The second kappa shape index (κ2) is 7.90. The van der Waals surface area contributed by atoms with Gasteiger partial charge < -0.3 is 15.2 Å². The summed E-state index contributed by atoms with van der Waals surface area (Å²) in [7, 11) is 0. The maximum absolute atomic E-state index is 5.97. The van der Waals surface area contributed by atoms with Gasteiger partial charge in [0, 0.05) is 11.6 Å². The van der Waals surface area contributed by atoms with Crippen molar-refractivity contribution in [3.63, 3.8) is 0 Å². The highest BCUT2D eigenvalue weighted by atomic mass is 35.5. The van der Waals surface area contributed by atoms with Gasteiger partial charge in [-0.3, -0.25) is 0 Å². The van der Waals surface area contributed by atoms with E-state index < -0.39 is 0 Å². The fourth-order valence-electron chi connectivity index (χ4n) is 1.87. The third-order valence-electron chi connectivity index (χ3n) is 2.85. The van der Waals surface area contributed by atoms with Gasteiger partial charge in [0.05, 0.1) is 12.7 Å². The molecule has 0 bridgehead atoms. The Morgan fingerprint density at radius 3 is 2.50 bits per heavy atom. The van der Waals surface area contributed by atoms with Crippen LogP contribution in [0, 0.1) is 0 Å². The average molecular weight is 292 g/mol. The summed E-state index contributed by atoms with van der Waals surface area (Å²) in [4.78, 5) is 0. The van der Waals surface area contributed by atoms with E-state index in [0.717, 1.165) is 11.3 Å². The summed E-state index contributed by atoms with van der Waals surface area (Å²) >= 11 is 5.97. The molecule has 3 nitrogen and oxygen atoms in total. The number of ether oxygens (including phenoxy) is 2. The Kier molecular flexibility index (Phi) is 5.87. The molecular formula is C16H18ClNO2. The molecule has 2 N–H and O–H groups in total. The number of rotatable bonds is 7. The van der Waals surface area contributed by atoms with Crippen molar-refractivity contribution in [2.24, 2.45) is 5.73 Å². The molecule has 0 saturated carbocycles. The predicted molar refractivity (Wildman–Crippen MR) is 81.1 cm³/mol. The molecule has 0 radical (unpaired) electrons. The molecule has 0 spiro atoms. The van der Waals surface area contributed by atoms with Crippen LogP contribution in [0.5, 0.6) is 5.75 Å². The zero-order valence-corrected chi connectivity index (χ0v) is 11.9. The van der Waals surface area contributed by atoms with E-state index in [1.54, 1.807) is 0 Å². The van der Waals surface area contributed by atoms with Gasteiger partial charge in [0.25, 0.3) is 0 Å². The lowest BCUT2D eigenvalue weighted by atomic mass is 10.1. The molecule has 20 heavy (non-hydrogen) atoms. The summed E-state index contributed by atoms with van der Waals surface area (Å²) in [5, 5.41) is 0.685. The van der Waals surface area contributed by atoms with E-state index in [-0.39, 0.29) is 6.10 Å². The van der Waals surface area contributed by atoms with Gasteiger partial charge >= 0.3 is 0 Å². The first-order chi connectivity index (χ1) is 9.79. The van der Waals surface area contributed by atoms with Crippen molar-refractivity contribution < 1.29 is 9.47 Å². The number of benzene rings is 2. The van der Waals surface area contributed by atoms with Crippen molar-refractivity contribution in [2.75, 3.05) is 19.8 Å². The first-order valence-corrected chi connectivity index (χ1v) is 6.92. The van der Waals surface area contributed by atoms with Crippen LogP contribution in [0.2, 0.25) is 5.02 Å². The lowest BCUT2D eigenvalue weighted by Crippen LogP contribution is -2.18. The maximum Gasteiger partial charge on any atom is 0.119 e. The Balaban J connectivity index is 1.80. The Morgan fingerprint density at radius 2 is 1.80 bits per heavy atom. The molecule has 0 aliphatic rings. The number of nitrogens with two attached hydrogens (primary N) is 1. The molecule has 1 unspecified atom stereocenters. The summed E-state index contributed by atoms with van der Waals surface area (Å²) in [5.41, 5.74) is 6.73. The van der Waals surface area contributed by atoms with Crippen molar-refractivity contribution in [3.8, 4) is 5.75 Å². The minimum Gasteiger partial charge on any atom is -0.491 e. The van der Waals surface area contributed by atoms with E-state index >= 15 is 0 Å². The summed E-state index contributed by atoms with van der Waals surface area (Å²) in [6, 6.07) is 17.2. The fourth-order valence-corrected chi connectivity index (χ4v) is 2.07. The molecule has 0 aromatic heterocycles. The fraction of sp³-hybridized carbons (Fsp3) is 0.250. The molecular weight excluding hydrogens is 274 g/mol. The zero-order chi connectivity index (χ0) is 14.2. The summed E-state index contributed by atoms with van der Waals surface area (Å²) in [6.45, 7) is 1.37. The van der Waals surface area contributed by atoms with Crippen LogP contribution in [0.3, 0.4) is 0 Å². The molecule has 2 aromatic rings. The van der Waals surface area contributed by atoms with E-state index in [4.69, 9.17) is 26.8 Å². The number of hydrogen-bond donors (Lipinski definition) is 1. The third kappa shape index (κ3) is 4.53. The predicted octanol–water partition coefficient (Wildman–Crippen LogP) is 3.44. The van der Waals surface area contributed by atoms with E-state index in [1.807, 2.05) is 54.6 Å². The molecule has 2 rings (SSSR count). The molecule has 4 heteroatoms. The molecule has 1 atom stereocenters. The van der Waals surface area contributed by atoms with Gasteiger partial charge in [0.1, 0.15) is 12.4 Å². The number of para-hydroxylation sites is 1. The van der Waals surface area contributed by atoms with Gasteiger partial charge in [-0.05, 0) is 29.8 Å². The standard InChI is InChI=1S/C16H18ClNO2/c17-14-6-4-5-13(11-14)16(12-18)20-10-9-19-15-7-2-1-3-8-15/h1-8,11,16H,9-10,12,18H2. The van der Waals surface area contributed by atoms with Gasteiger partial charge in [-0.2, -0.15) is 0 Å². The second-order valence-corrected chi connectivity index (χ2v) is 4.75. The van der Waals surface area contributed by atoms with E-state index in [1.165, 1.54) is 0 Å². The van der Waals surface area contributed by atoms with Crippen molar-refractivity contribution in [1.82, 2.24) is 0 Å². The Labute approximate surface area is 124 Å². The van der Waals surface area contributed by atoms with Crippen LogP contribution < -0.4 is 10.5 Å². The van der Waals surface area contributed by atoms with Crippen LogP contribution in [0.15, 0.2) is 54.6 Å². The Morgan fingerprint density at radius 1 is 1.00 bits per heavy atom. The smallest absolute Gasteiger partial charge is 0.119 e. The van der Waals surface area contributed by atoms with Gasteiger partial charge in [-0.25, -0.2) is 0 Å². The van der Waals surface area contributed by atoms with Crippen molar-refractivity contribution in [2.45, 2.75) is 6.10 Å². The Bertz CT molecular complexity index is 519. The molecule has 0 fully saturated rings. The molecule has 0 saturated heterocycles. The molecule has 2 aromatic carbocycles. The van der Waals surface area contributed by atoms with Gasteiger partial charge in [-0.15, -0.1) is 0 Å². The monoisotopic (exact) mass is 291 g/mol. The number of halogens is 1. The summed E-state index contributed by atoms with van der Waals surface area (Å²) in [5.74, 6) is 0.836. The average Bonchev–Trinajstić information content (AvgIpc) is 2.48. The van der Waals surface area contributed by atoms with Crippen molar-refractivity contribution in [3.05, 3.63) is 65.2 Å². The number of hydrogen-bond acceptors (Lipinski definition) is 3. The largest absolute Gasteiger partial charge is 0.491 e. The molecule has 0 aliphatic heterocycles. The van der Waals surface area contributed by atoms with Crippen LogP contribution in [-0.2, 0) is 4.74 Å². The highest BCUT2D eigenvalue weighted by molar-refractivity contribution is 6.30. The lowest BCUT2D eigenvalue weighted by Gasteiger charge is -2.17. The van der Waals surface area contributed by atoms with Crippen molar-refractivity contribution >= 4 is 11.6 Å². The van der Waals surface area contributed by atoms with E-state index in [0.29, 0.717) is 24.8 Å². The lowest BCUT2D eigenvalue weighted by molar-refractivity contribution is 0.0380. The quantitative estimate of drug-likeness (QED) is 0.795. The van der Waals surface area contributed by atoms with Crippen LogP contribution in [0.4, 0.5) is 0 Å². The highest BCUT2D eigenvalue weighted by Crippen LogP contribution is 2.20.